The molecule has 1 saturated carbocycles. The maximum absolute atomic E-state index is 5.98. The third-order valence-corrected chi connectivity index (χ3v) is 5.93. The van der Waals surface area contributed by atoms with Crippen LogP contribution in [0.2, 0.25) is 0 Å². The number of nitrogens with zero attached hydrogens (tertiary/aromatic N) is 5. The van der Waals surface area contributed by atoms with E-state index < -0.39 is 0 Å². The van der Waals surface area contributed by atoms with Crippen LogP contribution < -0.4 is 5.32 Å². The van der Waals surface area contributed by atoms with Crippen molar-refractivity contribution >= 4 is 29.9 Å². The van der Waals surface area contributed by atoms with Gasteiger partial charge in [0.25, 0.3) is 0 Å². The third-order valence-electron chi connectivity index (χ3n) is 5.93. The van der Waals surface area contributed by atoms with E-state index in [1.165, 1.54) is 32.1 Å². The third kappa shape index (κ3) is 7.40. The fourth-order valence-corrected chi connectivity index (χ4v) is 4.29. The van der Waals surface area contributed by atoms with Crippen LogP contribution in [0, 0.1) is 0 Å². The molecule has 1 aliphatic carbocycles. The molecule has 0 spiro atoms. The van der Waals surface area contributed by atoms with Crippen molar-refractivity contribution in [2.45, 2.75) is 57.6 Å². The molecular formula is C21H39IN6O. The molecule has 0 radical (unpaired) electrons. The molecule has 1 N–H and O–H groups in total. The second-order valence-corrected chi connectivity index (χ2v) is 8.11. The quantitative estimate of drug-likeness (QED) is 0.260. The Bertz CT molecular complexity index is 616. The van der Waals surface area contributed by atoms with Gasteiger partial charge in [-0.05, 0) is 39.8 Å². The van der Waals surface area contributed by atoms with Gasteiger partial charge >= 0.3 is 0 Å². The molecule has 2 fully saturated rings. The van der Waals surface area contributed by atoms with Gasteiger partial charge in [-0.3, -0.25) is 9.67 Å². The first-order valence-corrected chi connectivity index (χ1v) is 11.0. The lowest BCUT2D eigenvalue weighted by atomic mass is 9.94. The number of hydrogen-bond acceptors (Lipinski definition) is 4. The van der Waals surface area contributed by atoms with E-state index in [0.717, 1.165) is 56.7 Å². The van der Waals surface area contributed by atoms with Crippen molar-refractivity contribution in [3.05, 3.63) is 18.0 Å². The molecule has 1 atom stereocenters. The van der Waals surface area contributed by atoms with E-state index in [1.54, 1.807) is 0 Å². The van der Waals surface area contributed by atoms with E-state index in [2.05, 4.69) is 34.2 Å². The summed E-state index contributed by atoms with van der Waals surface area (Å²) in [6, 6.07) is 0.783. The van der Waals surface area contributed by atoms with Crippen molar-refractivity contribution in [1.82, 2.24) is 24.9 Å². The Morgan fingerprint density at radius 3 is 2.83 bits per heavy atom. The molecule has 2 heterocycles. The fourth-order valence-electron chi connectivity index (χ4n) is 4.29. The minimum atomic E-state index is 0. The van der Waals surface area contributed by atoms with Gasteiger partial charge in [0.1, 0.15) is 6.10 Å². The Morgan fingerprint density at radius 2 is 2.14 bits per heavy atom. The summed E-state index contributed by atoms with van der Waals surface area (Å²) < 4.78 is 7.81. The maximum atomic E-state index is 5.98. The molecule has 0 amide bonds. The van der Waals surface area contributed by atoms with Crippen LogP contribution in [-0.2, 0) is 11.8 Å². The molecule has 3 rings (SSSR count). The highest BCUT2D eigenvalue weighted by atomic mass is 127. The first kappa shape index (κ1) is 24.4. The molecule has 2 aliphatic rings. The molecule has 8 heteroatoms. The fraction of sp³-hybridized carbons (Fsp3) is 0.810. The summed E-state index contributed by atoms with van der Waals surface area (Å²) in [6.07, 6.45) is 12.1. The van der Waals surface area contributed by atoms with E-state index in [4.69, 9.17) is 9.73 Å². The van der Waals surface area contributed by atoms with Gasteiger partial charge in [-0.15, -0.1) is 24.0 Å². The zero-order valence-electron chi connectivity index (χ0n) is 18.3. The van der Waals surface area contributed by atoms with Gasteiger partial charge in [0.2, 0.25) is 0 Å². The SMILES string of the molecule is CCNC(=NCCCN(C)C1CCCCC1)N1CCOC(c2cnn(C)c2)C1.I. The summed E-state index contributed by atoms with van der Waals surface area (Å²) in [7, 11) is 4.23. The van der Waals surface area contributed by atoms with Crippen LogP contribution in [0.3, 0.4) is 0 Å². The van der Waals surface area contributed by atoms with Crippen molar-refractivity contribution in [3.8, 4) is 0 Å². The van der Waals surface area contributed by atoms with Crippen molar-refractivity contribution < 1.29 is 4.74 Å². The number of aliphatic imine (C=N–C) groups is 1. The number of guanidine groups is 1. The summed E-state index contributed by atoms with van der Waals surface area (Å²) in [4.78, 5) is 9.80. The number of rotatable bonds is 7. The Hall–Kier alpha value is -0.870. The van der Waals surface area contributed by atoms with Gasteiger partial charge < -0.3 is 19.9 Å². The lowest BCUT2D eigenvalue weighted by molar-refractivity contribution is -0.00804. The van der Waals surface area contributed by atoms with Gasteiger partial charge in [-0.2, -0.15) is 5.10 Å². The van der Waals surface area contributed by atoms with Gasteiger partial charge in [0.15, 0.2) is 5.96 Å². The monoisotopic (exact) mass is 518 g/mol. The van der Waals surface area contributed by atoms with E-state index in [-0.39, 0.29) is 30.1 Å². The van der Waals surface area contributed by atoms with Crippen LogP contribution in [0.4, 0.5) is 0 Å². The highest BCUT2D eigenvalue weighted by Gasteiger charge is 2.25. The molecule has 29 heavy (non-hydrogen) atoms. The number of hydrogen-bond donors (Lipinski definition) is 1. The lowest BCUT2D eigenvalue weighted by Crippen LogP contribution is -2.48. The largest absolute Gasteiger partial charge is 0.370 e. The van der Waals surface area contributed by atoms with Gasteiger partial charge in [-0.1, -0.05) is 19.3 Å². The van der Waals surface area contributed by atoms with E-state index in [1.807, 2.05) is 24.1 Å². The molecule has 7 nitrogen and oxygen atoms in total. The highest BCUT2D eigenvalue weighted by Crippen LogP contribution is 2.22. The number of morpholine rings is 1. The summed E-state index contributed by atoms with van der Waals surface area (Å²) in [5.74, 6) is 1.01. The molecule has 0 bridgehead atoms. The molecule has 1 aliphatic heterocycles. The van der Waals surface area contributed by atoms with E-state index in [9.17, 15) is 0 Å². The van der Waals surface area contributed by atoms with Crippen molar-refractivity contribution in [2.24, 2.45) is 12.0 Å². The topological polar surface area (TPSA) is 57.9 Å². The van der Waals surface area contributed by atoms with Crippen LogP contribution in [0.15, 0.2) is 17.4 Å². The zero-order valence-corrected chi connectivity index (χ0v) is 20.7. The minimum absolute atomic E-state index is 0. The summed E-state index contributed by atoms with van der Waals surface area (Å²) in [5, 5.41) is 7.75. The predicted octanol–water partition coefficient (Wildman–Crippen LogP) is 3.03. The van der Waals surface area contributed by atoms with Crippen molar-refractivity contribution in [1.29, 1.82) is 0 Å². The summed E-state index contributed by atoms with van der Waals surface area (Å²) in [5.41, 5.74) is 1.14. The van der Waals surface area contributed by atoms with Crippen LogP contribution >= 0.6 is 24.0 Å². The van der Waals surface area contributed by atoms with Crippen molar-refractivity contribution in [2.75, 3.05) is 46.4 Å². The summed E-state index contributed by atoms with van der Waals surface area (Å²) >= 11 is 0. The highest BCUT2D eigenvalue weighted by molar-refractivity contribution is 14.0. The number of halogens is 1. The van der Waals surface area contributed by atoms with Crippen molar-refractivity contribution in [3.63, 3.8) is 0 Å². The molecule has 1 aromatic heterocycles. The molecule has 166 valence electrons. The Morgan fingerprint density at radius 1 is 1.34 bits per heavy atom. The zero-order chi connectivity index (χ0) is 19.8. The molecular weight excluding hydrogens is 479 g/mol. The van der Waals surface area contributed by atoms with Crippen LogP contribution in [-0.4, -0.2) is 78.0 Å². The van der Waals surface area contributed by atoms with E-state index >= 15 is 0 Å². The van der Waals surface area contributed by atoms with Crippen LogP contribution in [0.5, 0.6) is 0 Å². The lowest BCUT2D eigenvalue weighted by Gasteiger charge is -2.35. The molecule has 0 aromatic carbocycles. The number of ether oxygens (including phenoxy) is 1. The van der Waals surface area contributed by atoms with Gasteiger partial charge in [0, 0.05) is 44.5 Å². The number of nitrogens with one attached hydrogen (secondary N) is 1. The first-order valence-electron chi connectivity index (χ1n) is 11.0. The minimum Gasteiger partial charge on any atom is -0.370 e. The van der Waals surface area contributed by atoms with Gasteiger partial charge in [-0.25, -0.2) is 0 Å². The molecule has 1 aromatic rings. The molecule has 1 unspecified atom stereocenters. The second-order valence-electron chi connectivity index (χ2n) is 8.11. The first-order chi connectivity index (χ1) is 13.7. The average Bonchev–Trinajstić information content (AvgIpc) is 3.17. The number of aromatic nitrogens is 2. The van der Waals surface area contributed by atoms with E-state index in [0.29, 0.717) is 6.61 Å². The van der Waals surface area contributed by atoms with Crippen LogP contribution in [0.1, 0.15) is 57.1 Å². The second kappa shape index (κ2) is 12.7. The predicted molar refractivity (Wildman–Crippen MR) is 129 cm³/mol. The Kier molecular flexibility index (Phi) is 10.7. The number of aryl methyl sites for hydroxylation is 1. The molecule has 1 saturated heterocycles. The smallest absolute Gasteiger partial charge is 0.194 e. The Labute approximate surface area is 193 Å². The Balaban J connectivity index is 0.00000300. The summed E-state index contributed by atoms with van der Waals surface area (Å²) in [6.45, 7) is 7.43. The standard InChI is InChI=1S/C21H38N6O.HI/c1-4-22-21(23-11-8-12-25(2)19-9-6-5-7-10-19)27-13-14-28-20(17-27)18-15-24-26(3)16-18;/h15-16,19-20H,4-14,17H2,1-3H3,(H,22,23);1H. The van der Waals surface area contributed by atoms with Crippen LogP contribution in [0.25, 0.3) is 0 Å². The maximum Gasteiger partial charge on any atom is 0.194 e. The normalized spacial score (nSPS) is 21.3. The van der Waals surface area contributed by atoms with Gasteiger partial charge in [0.05, 0.1) is 19.3 Å². The average molecular weight is 518 g/mol.